The number of rotatable bonds is 8. The average molecular weight is 241 g/mol. The van der Waals surface area contributed by atoms with Crippen LogP contribution in [0.4, 0.5) is 0 Å². The molecule has 1 saturated heterocycles. The molecule has 1 amide bonds. The summed E-state index contributed by atoms with van der Waals surface area (Å²) in [5, 5.41) is 0. The number of nitrogens with zero attached hydrogens (tertiary/aromatic N) is 1. The van der Waals surface area contributed by atoms with E-state index in [2.05, 4.69) is 13.8 Å². The molecule has 1 aliphatic heterocycles. The summed E-state index contributed by atoms with van der Waals surface area (Å²) < 4.78 is 5.50. The van der Waals surface area contributed by atoms with Crippen molar-refractivity contribution in [2.45, 2.75) is 71.4 Å². The molecule has 17 heavy (non-hydrogen) atoms. The second kappa shape index (κ2) is 8.51. The van der Waals surface area contributed by atoms with Crippen molar-refractivity contribution >= 4 is 5.91 Å². The van der Waals surface area contributed by atoms with Gasteiger partial charge in [-0.1, -0.05) is 46.0 Å². The highest BCUT2D eigenvalue weighted by atomic mass is 16.5. The molecular weight excluding hydrogens is 214 g/mol. The molecule has 1 atom stereocenters. The highest BCUT2D eigenvalue weighted by molar-refractivity contribution is 5.76. The number of amides is 1. The second-order valence-electron chi connectivity index (χ2n) is 4.84. The molecule has 3 nitrogen and oxygen atoms in total. The fraction of sp³-hybridized carbons (Fsp3) is 0.929. The first-order chi connectivity index (χ1) is 8.29. The molecule has 1 fully saturated rings. The summed E-state index contributed by atoms with van der Waals surface area (Å²) in [6, 6.07) is 0. The first-order valence-electron chi connectivity index (χ1n) is 7.20. The zero-order chi connectivity index (χ0) is 12.5. The number of unbranched alkanes of at least 4 members (excludes halogenated alkanes) is 5. The Morgan fingerprint density at radius 3 is 2.59 bits per heavy atom. The van der Waals surface area contributed by atoms with Crippen molar-refractivity contribution < 1.29 is 9.53 Å². The zero-order valence-corrected chi connectivity index (χ0v) is 11.4. The first kappa shape index (κ1) is 14.5. The molecule has 0 aliphatic carbocycles. The topological polar surface area (TPSA) is 29.5 Å². The van der Waals surface area contributed by atoms with Crippen LogP contribution in [-0.4, -0.2) is 30.2 Å². The lowest BCUT2D eigenvalue weighted by molar-refractivity contribution is -0.136. The third-order valence-corrected chi connectivity index (χ3v) is 3.40. The van der Waals surface area contributed by atoms with Crippen molar-refractivity contribution in [2.24, 2.45) is 0 Å². The quantitative estimate of drug-likeness (QED) is 0.610. The Kier molecular flexibility index (Phi) is 7.25. The molecule has 0 aromatic heterocycles. The lowest BCUT2D eigenvalue weighted by Crippen LogP contribution is -2.35. The Morgan fingerprint density at radius 1 is 1.18 bits per heavy atom. The second-order valence-corrected chi connectivity index (χ2v) is 4.84. The van der Waals surface area contributed by atoms with Gasteiger partial charge in [0.15, 0.2) is 0 Å². The fourth-order valence-electron chi connectivity index (χ4n) is 2.34. The van der Waals surface area contributed by atoms with Crippen LogP contribution in [-0.2, 0) is 9.53 Å². The van der Waals surface area contributed by atoms with Crippen LogP contribution >= 0.6 is 0 Å². The van der Waals surface area contributed by atoms with Gasteiger partial charge in [-0.3, -0.25) is 4.79 Å². The maximum absolute atomic E-state index is 11.9. The lowest BCUT2D eigenvalue weighted by Gasteiger charge is -2.21. The summed E-state index contributed by atoms with van der Waals surface area (Å²) in [5.41, 5.74) is 0. The predicted molar refractivity (Wildman–Crippen MR) is 69.7 cm³/mol. The van der Waals surface area contributed by atoms with Gasteiger partial charge < -0.3 is 9.64 Å². The maximum atomic E-state index is 11.9. The summed E-state index contributed by atoms with van der Waals surface area (Å²) in [4.78, 5) is 13.9. The monoisotopic (exact) mass is 241 g/mol. The van der Waals surface area contributed by atoms with Crippen molar-refractivity contribution in [3.05, 3.63) is 0 Å². The summed E-state index contributed by atoms with van der Waals surface area (Å²) in [6.07, 6.45) is 9.07. The number of ether oxygens (including phenoxy) is 1. The van der Waals surface area contributed by atoms with E-state index in [0.29, 0.717) is 13.0 Å². The summed E-state index contributed by atoms with van der Waals surface area (Å²) in [6.45, 7) is 5.79. The van der Waals surface area contributed by atoms with Crippen molar-refractivity contribution in [2.75, 3.05) is 13.2 Å². The van der Waals surface area contributed by atoms with E-state index in [1.807, 2.05) is 4.90 Å². The molecule has 0 saturated carbocycles. The van der Waals surface area contributed by atoms with Crippen molar-refractivity contribution in [3.8, 4) is 0 Å². The van der Waals surface area contributed by atoms with Crippen LogP contribution in [0.15, 0.2) is 0 Å². The molecule has 1 unspecified atom stereocenters. The minimum atomic E-state index is 0.0441. The van der Waals surface area contributed by atoms with Gasteiger partial charge in [-0.25, -0.2) is 0 Å². The molecule has 1 heterocycles. The van der Waals surface area contributed by atoms with E-state index < -0.39 is 0 Å². The molecular formula is C14H27NO2. The van der Waals surface area contributed by atoms with Crippen molar-refractivity contribution in [3.63, 3.8) is 0 Å². The van der Waals surface area contributed by atoms with E-state index in [4.69, 9.17) is 4.74 Å². The van der Waals surface area contributed by atoms with Crippen LogP contribution in [0.3, 0.4) is 0 Å². The van der Waals surface area contributed by atoms with Crippen molar-refractivity contribution in [1.82, 2.24) is 4.90 Å². The standard InChI is InChI=1S/C14H27NO2/c1-3-5-6-7-8-9-10-13(16)15-11-12-17-14(15)4-2/h14H,3-12H2,1-2H3. The highest BCUT2D eigenvalue weighted by Gasteiger charge is 2.27. The Balaban J connectivity index is 2.08. The van der Waals surface area contributed by atoms with E-state index in [9.17, 15) is 4.79 Å². The van der Waals surface area contributed by atoms with Crippen LogP contribution in [0.25, 0.3) is 0 Å². The number of hydrogen-bond acceptors (Lipinski definition) is 2. The average Bonchev–Trinajstić information content (AvgIpc) is 2.81. The highest BCUT2D eigenvalue weighted by Crippen LogP contribution is 2.16. The van der Waals surface area contributed by atoms with Gasteiger partial charge in [-0.05, 0) is 12.8 Å². The van der Waals surface area contributed by atoms with Crippen LogP contribution in [0, 0.1) is 0 Å². The first-order valence-corrected chi connectivity index (χ1v) is 7.20. The molecule has 0 aromatic carbocycles. The van der Waals surface area contributed by atoms with Gasteiger partial charge in [0, 0.05) is 13.0 Å². The zero-order valence-electron chi connectivity index (χ0n) is 11.4. The molecule has 1 aliphatic rings. The summed E-state index contributed by atoms with van der Waals surface area (Å²) >= 11 is 0. The van der Waals surface area contributed by atoms with Gasteiger partial charge in [-0.2, -0.15) is 0 Å². The van der Waals surface area contributed by atoms with Crippen LogP contribution in [0.1, 0.15) is 65.2 Å². The molecule has 3 heteroatoms. The summed E-state index contributed by atoms with van der Waals surface area (Å²) in [5.74, 6) is 0.282. The minimum absolute atomic E-state index is 0.0441. The molecule has 0 N–H and O–H groups in total. The molecule has 100 valence electrons. The molecule has 0 bridgehead atoms. The smallest absolute Gasteiger partial charge is 0.224 e. The van der Waals surface area contributed by atoms with Gasteiger partial charge in [0.05, 0.1) is 6.61 Å². The SMILES string of the molecule is CCCCCCCCC(=O)N1CCOC1CC. The predicted octanol–water partition coefficient (Wildman–Crippen LogP) is 3.33. The molecule has 0 radical (unpaired) electrons. The lowest BCUT2D eigenvalue weighted by atomic mass is 10.1. The normalized spacial score (nSPS) is 19.9. The van der Waals surface area contributed by atoms with Crippen LogP contribution in [0.5, 0.6) is 0 Å². The Hall–Kier alpha value is -0.570. The number of carbonyl (C=O) groups is 1. The van der Waals surface area contributed by atoms with Gasteiger partial charge in [0.2, 0.25) is 5.91 Å². The van der Waals surface area contributed by atoms with Crippen LogP contribution in [0.2, 0.25) is 0 Å². The largest absolute Gasteiger partial charge is 0.356 e. The van der Waals surface area contributed by atoms with E-state index >= 15 is 0 Å². The number of carbonyl (C=O) groups excluding carboxylic acids is 1. The van der Waals surface area contributed by atoms with Gasteiger partial charge in [-0.15, -0.1) is 0 Å². The van der Waals surface area contributed by atoms with Crippen molar-refractivity contribution in [1.29, 1.82) is 0 Å². The molecule has 1 rings (SSSR count). The Bertz CT molecular complexity index is 218. The third-order valence-electron chi connectivity index (χ3n) is 3.40. The number of hydrogen-bond donors (Lipinski definition) is 0. The fourth-order valence-corrected chi connectivity index (χ4v) is 2.34. The van der Waals surface area contributed by atoms with Gasteiger partial charge >= 0.3 is 0 Å². The Morgan fingerprint density at radius 2 is 1.88 bits per heavy atom. The van der Waals surface area contributed by atoms with Gasteiger partial charge in [0.1, 0.15) is 6.23 Å². The van der Waals surface area contributed by atoms with E-state index in [1.165, 1.54) is 32.1 Å². The molecule has 0 aromatic rings. The van der Waals surface area contributed by atoms with E-state index in [-0.39, 0.29) is 12.1 Å². The van der Waals surface area contributed by atoms with Gasteiger partial charge in [0.25, 0.3) is 0 Å². The third kappa shape index (κ3) is 5.07. The maximum Gasteiger partial charge on any atom is 0.224 e. The van der Waals surface area contributed by atoms with E-state index in [1.54, 1.807) is 0 Å². The van der Waals surface area contributed by atoms with Crippen LogP contribution < -0.4 is 0 Å². The van der Waals surface area contributed by atoms with E-state index in [0.717, 1.165) is 19.4 Å². The minimum Gasteiger partial charge on any atom is -0.356 e. The molecule has 0 spiro atoms. The summed E-state index contributed by atoms with van der Waals surface area (Å²) in [7, 11) is 0. The Labute approximate surface area is 106 Å².